The summed E-state index contributed by atoms with van der Waals surface area (Å²) in [6, 6.07) is 5.04. The Bertz CT molecular complexity index is 907. The second kappa shape index (κ2) is 7.18. The molecule has 27 heavy (non-hydrogen) atoms. The summed E-state index contributed by atoms with van der Waals surface area (Å²) in [7, 11) is -2.95. The Hall–Kier alpha value is -2.62. The average molecular weight is 391 g/mol. The number of carbonyl (C=O) groups is 1. The van der Waals surface area contributed by atoms with Crippen LogP contribution < -0.4 is 10.2 Å². The number of nitrogens with one attached hydrogen (secondary N) is 1. The summed E-state index contributed by atoms with van der Waals surface area (Å²) < 4.78 is 28.4. The lowest BCUT2D eigenvalue weighted by Gasteiger charge is -2.35. The molecule has 0 aliphatic carbocycles. The quantitative estimate of drug-likeness (QED) is 0.808. The number of anilines is 2. The molecule has 9 nitrogen and oxygen atoms in total. The minimum Gasteiger partial charge on any atom is -0.459 e. The summed E-state index contributed by atoms with van der Waals surface area (Å²) in [5.74, 6) is 1.77. The first-order chi connectivity index (χ1) is 13.0. The number of piperazine rings is 1. The number of nitrogens with zero attached hydrogens (tertiary/aromatic N) is 4. The Morgan fingerprint density at radius 1 is 1.22 bits per heavy atom. The fourth-order valence-electron chi connectivity index (χ4n) is 3.38. The highest BCUT2D eigenvalue weighted by atomic mass is 32.2. The molecule has 2 aliphatic heterocycles. The third-order valence-corrected chi connectivity index (χ3v) is 6.60. The maximum absolute atomic E-state index is 12.3. The van der Waals surface area contributed by atoms with Crippen LogP contribution in [0.25, 0.3) is 0 Å². The zero-order chi connectivity index (χ0) is 18.9. The number of amides is 1. The molecule has 2 fully saturated rings. The van der Waals surface area contributed by atoms with Crippen LogP contribution in [0.2, 0.25) is 0 Å². The van der Waals surface area contributed by atoms with Gasteiger partial charge in [-0.05, 0) is 24.6 Å². The van der Waals surface area contributed by atoms with Gasteiger partial charge in [-0.25, -0.2) is 13.4 Å². The van der Waals surface area contributed by atoms with Gasteiger partial charge < -0.3 is 19.5 Å². The predicted octanol–water partition coefficient (Wildman–Crippen LogP) is 0.631. The van der Waals surface area contributed by atoms with E-state index in [1.807, 2.05) is 6.07 Å². The third kappa shape index (κ3) is 4.05. The van der Waals surface area contributed by atoms with Gasteiger partial charge >= 0.3 is 0 Å². The zero-order valence-corrected chi connectivity index (χ0v) is 15.6. The molecular weight excluding hydrogens is 370 g/mol. The first-order valence-electron chi connectivity index (χ1n) is 8.88. The van der Waals surface area contributed by atoms with Crippen molar-refractivity contribution in [2.75, 3.05) is 47.9 Å². The highest BCUT2D eigenvalue weighted by Gasteiger charge is 2.29. The number of hydrogen-bond acceptors (Lipinski definition) is 8. The second-order valence-corrected chi connectivity index (χ2v) is 8.97. The van der Waals surface area contributed by atoms with Crippen LogP contribution in [0, 0.1) is 0 Å². The van der Waals surface area contributed by atoms with Gasteiger partial charge in [0, 0.05) is 38.4 Å². The summed E-state index contributed by atoms with van der Waals surface area (Å²) in [4.78, 5) is 24.9. The van der Waals surface area contributed by atoms with Crippen molar-refractivity contribution in [3.63, 3.8) is 0 Å². The fourth-order valence-corrected chi connectivity index (χ4v) is 5.05. The van der Waals surface area contributed by atoms with Crippen LogP contribution in [0.15, 0.2) is 35.1 Å². The van der Waals surface area contributed by atoms with Crippen LogP contribution in [0.4, 0.5) is 11.8 Å². The molecule has 144 valence electrons. The molecular formula is C17H21N5O4S. The van der Waals surface area contributed by atoms with Gasteiger partial charge in [-0.2, -0.15) is 4.98 Å². The highest BCUT2D eigenvalue weighted by Crippen LogP contribution is 2.19. The Morgan fingerprint density at radius 2 is 2.04 bits per heavy atom. The SMILES string of the molecule is O=C(c1ccco1)N1CCN(c2ccnc(NC3CCS(=O)(=O)C3)n2)CC1. The predicted molar refractivity (Wildman–Crippen MR) is 99.5 cm³/mol. The second-order valence-electron chi connectivity index (χ2n) is 6.74. The molecule has 2 aromatic heterocycles. The van der Waals surface area contributed by atoms with E-state index in [0.717, 1.165) is 5.82 Å². The Morgan fingerprint density at radius 3 is 2.70 bits per heavy atom. The molecule has 0 bridgehead atoms. The molecule has 0 saturated carbocycles. The Kier molecular flexibility index (Phi) is 4.73. The van der Waals surface area contributed by atoms with Gasteiger partial charge in [0.05, 0.1) is 17.8 Å². The Balaban J connectivity index is 1.36. The highest BCUT2D eigenvalue weighted by molar-refractivity contribution is 7.91. The largest absolute Gasteiger partial charge is 0.459 e. The normalized spacial score (nSPS) is 22.0. The third-order valence-electron chi connectivity index (χ3n) is 4.83. The van der Waals surface area contributed by atoms with Crippen LogP contribution in [0.3, 0.4) is 0 Å². The maximum Gasteiger partial charge on any atom is 0.289 e. The summed E-state index contributed by atoms with van der Waals surface area (Å²) >= 11 is 0. The molecule has 1 amide bonds. The topological polar surface area (TPSA) is 109 Å². The number of carbonyl (C=O) groups excluding carboxylic acids is 1. The summed E-state index contributed by atoms with van der Waals surface area (Å²) in [5, 5.41) is 3.12. The first kappa shape index (κ1) is 17.8. The van der Waals surface area contributed by atoms with Crippen molar-refractivity contribution in [1.82, 2.24) is 14.9 Å². The Labute approximate surface area is 157 Å². The number of aromatic nitrogens is 2. The van der Waals surface area contributed by atoms with E-state index < -0.39 is 9.84 Å². The van der Waals surface area contributed by atoms with E-state index in [1.54, 1.807) is 23.2 Å². The van der Waals surface area contributed by atoms with E-state index in [-0.39, 0.29) is 23.5 Å². The fraction of sp³-hybridized carbons (Fsp3) is 0.471. The molecule has 10 heteroatoms. The number of rotatable bonds is 4. The molecule has 0 radical (unpaired) electrons. The van der Waals surface area contributed by atoms with Crippen molar-refractivity contribution in [3.8, 4) is 0 Å². The van der Waals surface area contributed by atoms with Crippen LogP contribution in [-0.2, 0) is 9.84 Å². The first-order valence-corrected chi connectivity index (χ1v) is 10.7. The van der Waals surface area contributed by atoms with Gasteiger partial charge in [0.15, 0.2) is 15.6 Å². The minimum atomic E-state index is -2.95. The maximum atomic E-state index is 12.3. The van der Waals surface area contributed by atoms with Gasteiger partial charge in [0.1, 0.15) is 5.82 Å². The van der Waals surface area contributed by atoms with Gasteiger partial charge in [-0.1, -0.05) is 0 Å². The van der Waals surface area contributed by atoms with Gasteiger partial charge in [0.2, 0.25) is 5.95 Å². The van der Waals surface area contributed by atoms with Crippen molar-refractivity contribution in [3.05, 3.63) is 36.4 Å². The lowest BCUT2D eigenvalue weighted by atomic mass is 10.2. The number of hydrogen-bond donors (Lipinski definition) is 1. The zero-order valence-electron chi connectivity index (χ0n) is 14.7. The number of furan rings is 1. The monoisotopic (exact) mass is 391 g/mol. The molecule has 2 saturated heterocycles. The molecule has 2 aliphatic rings. The summed E-state index contributed by atoms with van der Waals surface area (Å²) in [5.41, 5.74) is 0. The van der Waals surface area contributed by atoms with E-state index in [1.165, 1.54) is 6.26 Å². The van der Waals surface area contributed by atoms with E-state index in [9.17, 15) is 13.2 Å². The molecule has 1 atom stereocenters. The van der Waals surface area contributed by atoms with Crippen LogP contribution in [0.1, 0.15) is 17.0 Å². The average Bonchev–Trinajstić information content (AvgIpc) is 3.31. The molecule has 2 aromatic rings. The number of sulfone groups is 1. The lowest BCUT2D eigenvalue weighted by molar-refractivity contribution is 0.0714. The molecule has 0 spiro atoms. The van der Waals surface area contributed by atoms with Crippen molar-refractivity contribution < 1.29 is 17.6 Å². The van der Waals surface area contributed by atoms with Crippen LogP contribution in [-0.4, -0.2) is 72.9 Å². The molecule has 1 unspecified atom stereocenters. The summed E-state index contributed by atoms with van der Waals surface area (Å²) in [6.45, 7) is 2.46. The van der Waals surface area contributed by atoms with Crippen molar-refractivity contribution in [2.24, 2.45) is 0 Å². The minimum absolute atomic E-state index is 0.105. The van der Waals surface area contributed by atoms with Crippen molar-refractivity contribution in [2.45, 2.75) is 12.5 Å². The van der Waals surface area contributed by atoms with Crippen molar-refractivity contribution >= 4 is 27.5 Å². The standard InChI is InChI=1S/C17H21N5O4S/c23-16(14-2-1-10-26-14)22-8-6-21(7-9-22)15-3-5-18-17(20-15)19-13-4-11-27(24,25)12-13/h1-3,5,10,13H,4,6-9,11-12H2,(H,18,19,20). The van der Waals surface area contributed by atoms with Crippen LogP contribution >= 0.6 is 0 Å². The lowest BCUT2D eigenvalue weighted by Crippen LogP contribution is -2.49. The van der Waals surface area contributed by atoms with Gasteiger partial charge in [-0.3, -0.25) is 4.79 Å². The van der Waals surface area contributed by atoms with E-state index in [2.05, 4.69) is 20.2 Å². The summed E-state index contributed by atoms with van der Waals surface area (Å²) in [6.07, 6.45) is 3.73. The van der Waals surface area contributed by atoms with Gasteiger partial charge in [0.25, 0.3) is 5.91 Å². The smallest absolute Gasteiger partial charge is 0.289 e. The van der Waals surface area contributed by atoms with Gasteiger partial charge in [-0.15, -0.1) is 0 Å². The molecule has 0 aromatic carbocycles. The molecule has 4 heterocycles. The van der Waals surface area contributed by atoms with E-state index in [4.69, 9.17) is 4.42 Å². The molecule has 1 N–H and O–H groups in total. The van der Waals surface area contributed by atoms with E-state index >= 15 is 0 Å². The van der Waals surface area contributed by atoms with Crippen LogP contribution in [0.5, 0.6) is 0 Å². The molecule has 4 rings (SSSR count). The van der Waals surface area contributed by atoms with Crippen molar-refractivity contribution in [1.29, 1.82) is 0 Å². The van der Waals surface area contributed by atoms with E-state index in [0.29, 0.717) is 44.3 Å².